The molecule has 4 N–H and O–H groups in total. The number of aliphatic hydroxyl groups excluding tert-OH is 1. The van der Waals surface area contributed by atoms with Gasteiger partial charge < -0.3 is 30.5 Å². The monoisotopic (exact) mass is 499 g/mol. The highest BCUT2D eigenvalue weighted by molar-refractivity contribution is 6.05. The van der Waals surface area contributed by atoms with E-state index in [4.69, 9.17) is 4.74 Å². The molecule has 36 heavy (non-hydrogen) atoms. The van der Waals surface area contributed by atoms with Gasteiger partial charge in [0.25, 0.3) is 11.8 Å². The molecule has 190 valence electrons. The maximum Gasteiger partial charge on any atom is 0.263 e. The Kier molecular flexibility index (Phi) is 6.74. The van der Waals surface area contributed by atoms with Crippen LogP contribution in [0.4, 0.5) is 10.1 Å². The number of benzene rings is 1. The van der Waals surface area contributed by atoms with Crippen molar-refractivity contribution in [2.24, 2.45) is 5.18 Å². The minimum absolute atomic E-state index is 0.0297. The van der Waals surface area contributed by atoms with Crippen LogP contribution in [0.1, 0.15) is 30.7 Å². The van der Waals surface area contributed by atoms with E-state index in [9.17, 15) is 29.1 Å². The average Bonchev–Trinajstić information content (AvgIpc) is 2.85. The number of pyridine rings is 1. The Labute approximate surface area is 205 Å². The molecular weight excluding hydrogens is 473 g/mol. The fourth-order valence-electron chi connectivity index (χ4n) is 4.12. The topological polar surface area (TPSA) is 153 Å². The lowest BCUT2D eigenvalue weighted by Crippen LogP contribution is -2.56. The van der Waals surface area contributed by atoms with Gasteiger partial charge in [0.15, 0.2) is 18.1 Å². The first-order chi connectivity index (χ1) is 17.0. The number of aromatic nitrogens is 1. The van der Waals surface area contributed by atoms with E-state index in [1.54, 1.807) is 12.1 Å². The molecule has 2 atom stereocenters. The van der Waals surface area contributed by atoms with Gasteiger partial charge >= 0.3 is 0 Å². The van der Waals surface area contributed by atoms with Crippen molar-refractivity contribution in [3.8, 4) is 5.75 Å². The van der Waals surface area contributed by atoms with Crippen molar-refractivity contribution >= 4 is 23.2 Å². The first kappa shape index (κ1) is 25.2. The molecule has 0 saturated heterocycles. The number of rotatable bonds is 7. The first-order valence-corrected chi connectivity index (χ1v) is 11.2. The highest BCUT2D eigenvalue weighted by Crippen LogP contribution is 2.47. The molecule has 11 nitrogen and oxygen atoms in total. The molecular formula is C24H26FN5O6. The minimum atomic E-state index is -1.61. The van der Waals surface area contributed by atoms with E-state index in [0.717, 1.165) is 5.56 Å². The fraction of sp³-hybridized carbons (Fsp3) is 0.375. The summed E-state index contributed by atoms with van der Waals surface area (Å²) in [5, 5.41) is 29.1. The predicted molar refractivity (Wildman–Crippen MR) is 127 cm³/mol. The molecule has 2 aliphatic rings. The van der Waals surface area contributed by atoms with Crippen molar-refractivity contribution in [2.75, 3.05) is 25.0 Å². The largest absolute Gasteiger partial charge is 0.476 e. The van der Waals surface area contributed by atoms with Crippen LogP contribution in [0.2, 0.25) is 0 Å². The number of ether oxygens (including phenoxy) is 1. The number of nitrogens with zero attached hydrogens (tertiary/aromatic N) is 3. The summed E-state index contributed by atoms with van der Waals surface area (Å²) in [7, 11) is 1.34. The molecule has 0 aliphatic carbocycles. The summed E-state index contributed by atoms with van der Waals surface area (Å²) in [6.07, 6.45) is -1.07. The van der Waals surface area contributed by atoms with E-state index in [0.29, 0.717) is 5.56 Å². The van der Waals surface area contributed by atoms with Gasteiger partial charge in [-0.1, -0.05) is 12.1 Å². The van der Waals surface area contributed by atoms with Gasteiger partial charge in [0.05, 0.1) is 17.7 Å². The molecule has 3 heterocycles. The maximum absolute atomic E-state index is 13.4. The number of anilines is 1. The van der Waals surface area contributed by atoms with Crippen LogP contribution in [0, 0.1) is 10.7 Å². The number of carbonyl (C=O) groups excluding carboxylic acids is 2. The zero-order valence-electron chi connectivity index (χ0n) is 19.9. The molecule has 0 spiro atoms. The second-order valence-corrected chi connectivity index (χ2v) is 9.21. The zero-order valence-corrected chi connectivity index (χ0v) is 19.9. The number of halogens is 1. The Balaban J connectivity index is 1.82. The van der Waals surface area contributed by atoms with Crippen molar-refractivity contribution < 1.29 is 28.9 Å². The number of likely N-dealkylation sites (N-methyl/N-ethyl adjacent to an activating group) is 1. The van der Waals surface area contributed by atoms with E-state index in [1.165, 1.54) is 44.1 Å². The summed E-state index contributed by atoms with van der Waals surface area (Å²) < 4.78 is 19.5. The number of nitrogens with one attached hydrogen (secondary N) is 2. The van der Waals surface area contributed by atoms with E-state index in [-0.39, 0.29) is 47.9 Å². The summed E-state index contributed by atoms with van der Waals surface area (Å²) in [4.78, 5) is 43.0. The standard InChI is InChI=1S/C24H26FN5O6/c1-24(2,34)11-28-21(31)15-10-30-19-18(17(29-35)16(23(30)33)22(32)26-3)27-9-13(20(19)36-15)8-12-4-6-14(25)7-5-12/h4-7,9,15,23,33-34H,8,10-11H2,1-3H3,(H,26,32)(H,28,31)/t15-,23?/m0/s1. The molecule has 4 rings (SSSR count). The van der Waals surface area contributed by atoms with Gasteiger partial charge in [0.1, 0.15) is 22.9 Å². The second-order valence-electron chi connectivity index (χ2n) is 9.21. The SMILES string of the molecule is CNC(=O)C1=C(N=O)c2ncc(Cc3ccc(F)cc3)c3c2N(C[C@@H](C(=O)NCC(C)(C)O)O3)C1O. The van der Waals surface area contributed by atoms with Crippen LogP contribution in [-0.4, -0.2) is 65.1 Å². The van der Waals surface area contributed by atoms with Gasteiger partial charge in [0, 0.05) is 31.8 Å². The van der Waals surface area contributed by atoms with Gasteiger partial charge in [-0.15, -0.1) is 4.91 Å². The van der Waals surface area contributed by atoms with Crippen LogP contribution >= 0.6 is 0 Å². The number of nitroso groups, excluding NO2 is 1. The third-order valence-electron chi connectivity index (χ3n) is 5.88. The quantitative estimate of drug-likeness (QED) is 0.409. The molecule has 2 aliphatic heterocycles. The third kappa shape index (κ3) is 4.77. The lowest BCUT2D eigenvalue weighted by Gasteiger charge is -2.42. The normalized spacial score (nSPS) is 18.8. The Bertz CT molecular complexity index is 1240. The van der Waals surface area contributed by atoms with Crippen LogP contribution in [0.3, 0.4) is 0 Å². The number of amides is 2. The maximum atomic E-state index is 13.4. The number of hydrogen-bond donors (Lipinski definition) is 4. The second kappa shape index (κ2) is 9.63. The van der Waals surface area contributed by atoms with E-state index in [1.807, 2.05) is 0 Å². The van der Waals surface area contributed by atoms with Crippen LogP contribution in [-0.2, 0) is 16.0 Å². The average molecular weight is 499 g/mol. The molecule has 2 aromatic rings. The van der Waals surface area contributed by atoms with Crippen molar-refractivity contribution in [3.63, 3.8) is 0 Å². The first-order valence-electron chi connectivity index (χ1n) is 11.2. The molecule has 0 radical (unpaired) electrons. The molecule has 1 aromatic carbocycles. The molecule has 0 bridgehead atoms. The Morgan fingerprint density at radius 2 is 2.00 bits per heavy atom. The molecule has 0 saturated carbocycles. The smallest absolute Gasteiger partial charge is 0.263 e. The molecule has 1 unspecified atom stereocenters. The van der Waals surface area contributed by atoms with E-state index >= 15 is 0 Å². The van der Waals surface area contributed by atoms with Gasteiger partial charge in [0.2, 0.25) is 0 Å². The van der Waals surface area contributed by atoms with Crippen molar-refractivity contribution in [3.05, 3.63) is 63.6 Å². The van der Waals surface area contributed by atoms with Gasteiger partial charge in [-0.05, 0) is 36.7 Å². The highest BCUT2D eigenvalue weighted by atomic mass is 19.1. The molecule has 1 aromatic heterocycles. The van der Waals surface area contributed by atoms with Crippen molar-refractivity contribution in [1.82, 2.24) is 15.6 Å². The summed E-state index contributed by atoms with van der Waals surface area (Å²) >= 11 is 0. The third-order valence-corrected chi connectivity index (χ3v) is 5.88. The summed E-state index contributed by atoms with van der Waals surface area (Å²) in [5.41, 5.74) is -0.329. The van der Waals surface area contributed by atoms with Gasteiger partial charge in [-0.3, -0.25) is 14.6 Å². The molecule has 12 heteroatoms. The Morgan fingerprint density at radius 1 is 1.31 bits per heavy atom. The van der Waals surface area contributed by atoms with Crippen molar-refractivity contribution in [1.29, 1.82) is 0 Å². The summed E-state index contributed by atoms with van der Waals surface area (Å²) in [6.45, 7) is 2.85. The van der Waals surface area contributed by atoms with Gasteiger partial charge in [-0.25, -0.2) is 4.39 Å². The number of aliphatic hydroxyl groups is 2. The fourth-order valence-corrected chi connectivity index (χ4v) is 4.12. The molecule has 0 fully saturated rings. The van der Waals surface area contributed by atoms with E-state index < -0.39 is 35.6 Å². The number of carbonyl (C=O) groups is 2. The lowest BCUT2D eigenvalue weighted by molar-refractivity contribution is -0.129. The van der Waals surface area contributed by atoms with E-state index in [2.05, 4.69) is 20.8 Å². The predicted octanol–water partition coefficient (Wildman–Crippen LogP) is 0.821. The van der Waals surface area contributed by atoms with Crippen LogP contribution < -0.4 is 20.3 Å². The Morgan fingerprint density at radius 3 is 2.61 bits per heavy atom. The summed E-state index contributed by atoms with van der Waals surface area (Å²) in [6, 6.07) is 5.80. The minimum Gasteiger partial charge on any atom is -0.476 e. The van der Waals surface area contributed by atoms with Crippen LogP contribution in [0.15, 0.2) is 41.2 Å². The number of hydrogen-bond acceptors (Lipinski definition) is 9. The molecule has 2 amide bonds. The van der Waals surface area contributed by atoms with Crippen LogP contribution in [0.5, 0.6) is 5.75 Å². The van der Waals surface area contributed by atoms with Crippen LogP contribution in [0.25, 0.3) is 5.70 Å². The van der Waals surface area contributed by atoms with Gasteiger partial charge in [-0.2, -0.15) is 0 Å². The zero-order chi connectivity index (χ0) is 26.2. The Hall–Kier alpha value is -3.90. The lowest BCUT2D eigenvalue weighted by atomic mass is 9.95. The van der Waals surface area contributed by atoms with Crippen molar-refractivity contribution in [2.45, 2.75) is 38.2 Å². The highest BCUT2D eigenvalue weighted by Gasteiger charge is 2.45. The summed E-state index contributed by atoms with van der Waals surface area (Å²) in [5.74, 6) is -1.50.